The molecule has 2 aromatic rings. The summed E-state index contributed by atoms with van der Waals surface area (Å²) in [6.45, 7) is 3.80. The van der Waals surface area contributed by atoms with E-state index in [4.69, 9.17) is 0 Å². The largest absolute Gasteiger partial charge is 0.294 e. The molecule has 1 saturated heterocycles. The van der Waals surface area contributed by atoms with E-state index in [1.54, 1.807) is 36.4 Å². The maximum Gasteiger partial charge on any atom is 0.128 e. The third-order valence-corrected chi connectivity index (χ3v) is 4.26. The van der Waals surface area contributed by atoms with E-state index >= 15 is 0 Å². The summed E-state index contributed by atoms with van der Waals surface area (Å²) < 4.78 is 27.9. The average Bonchev–Trinajstić information content (AvgIpc) is 2.95. The first kappa shape index (κ1) is 12.3. The van der Waals surface area contributed by atoms with Crippen LogP contribution in [0.1, 0.15) is 25.0 Å². The topological polar surface area (TPSA) is 21.9 Å². The molecule has 1 nitrogen and oxygen atoms in total. The molecule has 3 heteroatoms. The highest BCUT2D eigenvalue weighted by Gasteiger charge is 2.64. The van der Waals surface area contributed by atoms with E-state index in [1.807, 2.05) is 13.8 Å². The third kappa shape index (κ3) is 1.61. The molecule has 0 aliphatic carbocycles. The van der Waals surface area contributed by atoms with E-state index in [-0.39, 0.29) is 11.6 Å². The summed E-state index contributed by atoms with van der Waals surface area (Å²) in [6, 6.07) is 13.3. The van der Waals surface area contributed by atoms with Crippen molar-refractivity contribution in [3.05, 3.63) is 71.3 Å². The van der Waals surface area contributed by atoms with Crippen LogP contribution in [0.3, 0.4) is 0 Å². The summed E-state index contributed by atoms with van der Waals surface area (Å²) in [6.07, 6.45) is 0. The number of rotatable bonds is 2. The van der Waals surface area contributed by atoms with Crippen LogP contribution < -0.4 is 5.32 Å². The fraction of sp³-hybridized carbons (Fsp3) is 0.250. The second-order valence-corrected chi connectivity index (χ2v) is 5.33. The Kier molecular flexibility index (Phi) is 2.51. The van der Waals surface area contributed by atoms with Gasteiger partial charge in [0.25, 0.3) is 0 Å². The molecule has 1 aliphatic heterocycles. The second kappa shape index (κ2) is 3.87. The fourth-order valence-electron chi connectivity index (χ4n) is 2.88. The predicted octanol–water partition coefficient (Wildman–Crippen LogP) is 3.70. The van der Waals surface area contributed by atoms with Gasteiger partial charge in [0.1, 0.15) is 11.6 Å². The normalized spacial score (nSPS) is 29.3. The maximum atomic E-state index is 14.0. The molecule has 19 heavy (non-hydrogen) atoms. The first-order chi connectivity index (χ1) is 8.99. The highest BCUT2D eigenvalue weighted by Crippen LogP contribution is 2.54. The van der Waals surface area contributed by atoms with Crippen LogP contribution in [-0.4, -0.2) is 0 Å². The van der Waals surface area contributed by atoms with Gasteiger partial charge in [-0.2, -0.15) is 0 Å². The van der Waals surface area contributed by atoms with Crippen LogP contribution in [0.4, 0.5) is 8.78 Å². The van der Waals surface area contributed by atoms with Gasteiger partial charge in [0.2, 0.25) is 0 Å². The molecule has 0 spiro atoms. The van der Waals surface area contributed by atoms with Crippen LogP contribution in [0.2, 0.25) is 0 Å². The molecular formula is C16H15F2N. The molecule has 0 aromatic heterocycles. The Hall–Kier alpha value is -1.74. The van der Waals surface area contributed by atoms with Crippen molar-refractivity contribution in [3.63, 3.8) is 0 Å². The van der Waals surface area contributed by atoms with Gasteiger partial charge in [-0.15, -0.1) is 0 Å². The summed E-state index contributed by atoms with van der Waals surface area (Å²) in [5.41, 5.74) is -0.0253. The van der Waals surface area contributed by atoms with Crippen molar-refractivity contribution < 1.29 is 8.78 Å². The summed E-state index contributed by atoms with van der Waals surface area (Å²) >= 11 is 0. The van der Waals surface area contributed by atoms with Crippen LogP contribution in [-0.2, 0) is 11.1 Å². The fourth-order valence-corrected chi connectivity index (χ4v) is 2.88. The Bertz CT molecular complexity index is 585. The Balaban J connectivity index is 2.08. The standard InChI is InChI=1S/C16H15F2N/c1-15(11-7-3-5-9-13(11)17)16(2,19-15)12-8-4-6-10-14(12)18/h3-10,19H,1-2H3. The zero-order chi connectivity index (χ0) is 13.7. The third-order valence-electron chi connectivity index (χ3n) is 4.26. The summed E-state index contributed by atoms with van der Waals surface area (Å²) in [5.74, 6) is -0.532. The number of hydrogen-bond donors (Lipinski definition) is 1. The maximum absolute atomic E-state index is 14.0. The van der Waals surface area contributed by atoms with E-state index in [0.717, 1.165) is 0 Å². The van der Waals surface area contributed by atoms with Gasteiger partial charge in [-0.25, -0.2) is 8.78 Å². The Morgan fingerprint density at radius 2 is 1.11 bits per heavy atom. The second-order valence-electron chi connectivity index (χ2n) is 5.33. The Morgan fingerprint density at radius 1 is 0.737 bits per heavy atom. The average molecular weight is 259 g/mol. The SMILES string of the molecule is CC1(c2ccccc2F)NC1(C)c1ccccc1F. The molecule has 0 amide bonds. The van der Waals surface area contributed by atoms with E-state index in [2.05, 4.69) is 5.32 Å². The minimum atomic E-state index is -0.583. The highest BCUT2D eigenvalue weighted by atomic mass is 19.1. The zero-order valence-corrected chi connectivity index (χ0v) is 10.9. The minimum Gasteiger partial charge on any atom is -0.294 e. The van der Waals surface area contributed by atoms with E-state index in [1.165, 1.54) is 12.1 Å². The molecule has 1 aliphatic rings. The molecule has 2 unspecified atom stereocenters. The lowest BCUT2D eigenvalue weighted by molar-refractivity contribution is 0.525. The lowest BCUT2D eigenvalue weighted by Gasteiger charge is -2.17. The van der Waals surface area contributed by atoms with Gasteiger partial charge in [0, 0.05) is 11.1 Å². The van der Waals surface area contributed by atoms with Gasteiger partial charge < -0.3 is 0 Å². The molecular weight excluding hydrogens is 244 g/mol. The predicted molar refractivity (Wildman–Crippen MR) is 70.6 cm³/mol. The molecule has 2 aromatic carbocycles. The smallest absolute Gasteiger partial charge is 0.128 e. The van der Waals surface area contributed by atoms with E-state index in [9.17, 15) is 8.78 Å². The summed E-state index contributed by atoms with van der Waals surface area (Å²) in [4.78, 5) is 0. The van der Waals surface area contributed by atoms with Crippen molar-refractivity contribution in [2.45, 2.75) is 24.9 Å². The summed E-state index contributed by atoms with van der Waals surface area (Å²) in [5, 5.41) is 3.26. The van der Waals surface area contributed by atoms with Crippen LogP contribution in [0, 0.1) is 11.6 Å². The molecule has 0 radical (unpaired) electrons. The van der Waals surface area contributed by atoms with Crippen LogP contribution in [0.5, 0.6) is 0 Å². The van der Waals surface area contributed by atoms with Crippen molar-refractivity contribution in [3.8, 4) is 0 Å². The van der Waals surface area contributed by atoms with Gasteiger partial charge in [0.15, 0.2) is 0 Å². The quantitative estimate of drug-likeness (QED) is 0.816. The Labute approximate surface area is 111 Å². The lowest BCUT2D eigenvalue weighted by Crippen LogP contribution is -2.18. The lowest BCUT2D eigenvalue weighted by atomic mass is 9.83. The molecule has 1 fully saturated rings. The molecule has 0 saturated carbocycles. The highest BCUT2D eigenvalue weighted by molar-refractivity contribution is 5.46. The minimum absolute atomic E-state index is 0.266. The molecule has 1 heterocycles. The van der Waals surface area contributed by atoms with Gasteiger partial charge >= 0.3 is 0 Å². The monoisotopic (exact) mass is 259 g/mol. The molecule has 3 rings (SSSR count). The summed E-state index contributed by atoms with van der Waals surface area (Å²) in [7, 11) is 0. The number of halogens is 2. The van der Waals surface area contributed by atoms with Crippen LogP contribution >= 0.6 is 0 Å². The number of hydrogen-bond acceptors (Lipinski definition) is 1. The zero-order valence-electron chi connectivity index (χ0n) is 10.9. The van der Waals surface area contributed by atoms with Crippen molar-refractivity contribution in [2.75, 3.05) is 0 Å². The van der Waals surface area contributed by atoms with Gasteiger partial charge in [-0.3, -0.25) is 5.32 Å². The van der Waals surface area contributed by atoms with Crippen LogP contribution in [0.25, 0.3) is 0 Å². The van der Waals surface area contributed by atoms with Crippen molar-refractivity contribution in [1.82, 2.24) is 5.32 Å². The van der Waals surface area contributed by atoms with Gasteiger partial charge in [-0.1, -0.05) is 36.4 Å². The van der Waals surface area contributed by atoms with Crippen molar-refractivity contribution >= 4 is 0 Å². The van der Waals surface area contributed by atoms with Gasteiger partial charge in [0.05, 0.1) is 11.1 Å². The molecule has 1 N–H and O–H groups in total. The van der Waals surface area contributed by atoms with Crippen molar-refractivity contribution in [2.24, 2.45) is 0 Å². The molecule has 98 valence electrons. The van der Waals surface area contributed by atoms with E-state index in [0.29, 0.717) is 11.1 Å². The first-order valence-corrected chi connectivity index (χ1v) is 6.28. The Morgan fingerprint density at radius 3 is 1.47 bits per heavy atom. The number of nitrogens with one attached hydrogen (secondary N) is 1. The van der Waals surface area contributed by atoms with Crippen molar-refractivity contribution in [1.29, 1.82) is 0 Å². The molecule has 2 atom stereocenters. The van der Waals surface area contributed by atoms with Gasteiger partial charge in [-0.05, 0) is 26.0 Å². The number of benzene rings is 2. The first-order valence-electron chi connectivity index (χ1n) is 6.28. The molecule has 0 bridgehead atoms. The van der Waals surface area contributed by atoms with E-state index < -0.39 is 11.1 Å². The van der Waals surface area contributed by atoms with Crippen LogP contribution in [0.15, 0.2) is 48.5 Å².